The van der Waals surface area contributed by atoms with E-state index in [2.05, 4.69) is 23.6 Å². The van der Waals surface area contributed by atoms with Gasteiger partial charge in [0.1, 0.15) is 0 Å². The summed E-state index contributed by atoms with van der Waals surface area (Å²) in [6.45, 7) is 5.22. The second-order valence-corrected chi connectivity index (χ2v) is 12.2. The Hall–Kier alpha value is -0.500. The maximum absolute atomic E-state index is 3.22. The van der Waals surface area contributed by atoms with Crippen molar-refractivity contribution in [2.45, 2.75) is 127 Å². The lowest BCUT2D eigenvalue weighted by Gasteiger charge is -2.71. The quantitative estimate of drug-likeness (QED) is 0.529. The highest BCUT2D eigenvalue weighted by molar-refractivity contribution is 5.37. The van der Waals surface area contributed by atoms with Crippen LogP contribution in [0.1, 0.15) is 97.3 Å². The summed E-state index contributed by atoms with van der Waals surface area (Å²) in [6.07, 6.45) is 19.5. The molecule has 154 valence electrons. The van der Waals surface area contributed by atoms with Gasteiger partial charge < -0.3 is 4.90 Å². The smallest absolute Gasteiger partial charge is 0.0306 e. The van der Waals surface area contributed by atoms with E-state index in [0.717, 1.165) is 47.8 Å². The first-order chi connectivity index (χ1) is 13.7. The van der Waals surface area contributed by atoms with Crippen molar-refractivity contribution >= 4 is 0 Å². The fourth-order valence-electron chi connectivity index (χ4n) is 10.4. The number of fused-ring (bicyclic) bond motifs is 2. The molecule has 7 aliphatic rings. The van der Waals surface area contributed by atoms with Crippen molar-refractivity contribution in [2.75, 3.05) is 0 Å². The van der Waals surface area contributed by atoms with E-state index in [1.165, 1.54) is 83.5 Å². The van der Waals surface area contributed by atoms with Crippen molar-refractivity contribution in [3.05, 3.63) is 11.3 Å². The van der Waals surface area contributed by atoms with E-state index >= 15 is 0 Å². The third-order valence-corrected chi connectivity index (χ3v) is 10.7. The maximum Gasteiger partial charge on any atom is 0.0306 e. The summed E-state index contributed by atoms with van der Waals surface area (Å²) in [5.41, 5.74) is 4.51. The van der Waals surface area contributed by atoms with Gasteiger partial charge in [-0.05, 0) is 100 Å². The minimum absolute atomic E-state index is 0.541. The van der Waals surface area contributed by atoms with Crippen LogP contribution >= 0.6 is 0 Å². The van der Waals surface area contributed by atoms with Gasteiger partial charge in [0.2, 0.25) is 0 Å². The lowest BCUT2D eigenvalue weighted by molar-refractivity contribution is -0.162. The number of rotatable bonds is 0. The highest BCUT2D eigenvalue weighted by atomic mass is 15.3. The SMILES string of the molecule is C[C@@H]1C[C@@H]2CCC[C@H]3C[C@H]4CC(C1)([C@H]1CC[C@@H]5CCC[C@H]6C[C@@H](C)C4=C1N56)N23. The topological polar surface area (TPSA) is 6.48 Å². The summed E-state index contributed by atoms with van der Waals surface area (Å²) in [5.74, 6) is 3.61. The van der Waals surface area contributed by atoms with Crippen LogP contribution in [-0.2, 0) is 0 Å². The Bertz CT molecular complexity index is 711. The van der Waals surface area contributed by atoms with Gasteiger partial charge in [0, 0.05) is 41.3 Å². The predicted octanol–water partition coefficient (Wildman–Crippen LogP) is 5.73. The molecule has 28 heavy (non-hydrogen) atoms. The van der Waals surface area contributed by atoms with Crippen LogP contribution in [-0.4, -0.2) is 39.5 Å². The molecule has 1 unspecified atom stereocenters. The zero-order valence-electron chi connectivity index (χ0n) is 18.2. The van der Waals surface area contributed by atoms with Gasteiger partial charge in [-0.1, -0.05) is 20.3 Å². The standard InChI is InChI=1S/C26H40N2/c1-16-11-21-7-4-8-22-13-18-15-26(14-16,28(21)22)23-10-9-19-5-3-6-20-12-17(2)24(18)25(23)27(19)20/h16-23H,3-15H2,1-2H3/t16-,17-,18+,19+,20+,21+,22+,23+,26?/m1/s1. The minimum Gasteiger partial charge on any atom is -0.369 e. The van der Waals surface area contributed by atoms with Crippen LogP contribution < -0.4 is 0 Å². The molecular weight excluding hydrogens is 340 g/mol. The molecule has 2 nitrogen and oxygen atoms in total. The molecule has 0 aromatic heterocycles. The monoisotopic (exact) mass is 380 g/mol. The van der Waals surface area contributed by atoms with Crippen LogP contribution in [0.2, 0.25) is 0 Å². The minimum atomic E-state index is 0.541. The van der Waals surface area contributed by atoms with Crippen molar-refractivity contribution in [1.29, 1.82) is 0 Å². The van der Waals surface area contributed by atoms with Gasteiger partial charge in [-0.15, -0.1) is 0 Å². The third kappa shape index (κ3) is 2.05. The number of nitrogens with zero attached hydrogens (tertiary/aromatic N) is 2. The van der Waals surface area contributed by atoms with Gasteiger partial charge in [0.25, 0.3) is 0 Å². The van der Waals surface area contributed by atoms with E-state index in [1.54, 1.807) is 0 Å². The van der Waals surface area contributed by atoms with E-state index in [1.807, 2.05) is 11.3 Å². The zero-order valence-corrected chi connectivity index (χ0v) is 18.2. The Morgan fingerprint density at radius 2 is 1.50 bits per heavy atom. The molecule has 6 aliphatic heterocycles. The summed E-state index contributed by atoms with van der Waals surface area (Å²) in [4.78, 5) is 6.32. The molecule has 0 amide bonds. The summed E-state index contributed by atoms with van der Waals surface area (Å²) in [7, 11) is 0. The Balaban J connectivity index is 1.42. The molecule has 1 aliphatic carbocycles. The average Bonchev–Trinajstić information content (AvgIpc) is 2.67. The van der Waals surface area contributed by atoms with Crippen molar-refractivity contribution in [3.8, 4) is 0 Å². The maximum atomic E-state index is 3.22. The molecule has 1 spiro atoms. The summed E-state index contributed by atoms with van der Waals surface area (Å²) in [6, 6.07) is 3.63. The van der Waals surface area contributed by atoms with Crippen molar-refractivity contribution in [3.63, 3.8) is 0 Å². The first-order valence-corrected chi connectivity index (χ1v) is 13.0. The fraction of sp³-hybridized carbons (Fsp3) is 0.923. The van der Waals surface area contributed by atoms with Gasteiger partial charge in [0.15, 0.2) is 0 Å². The molecule has 0 aromatic rings. The van der Waals surface area contributed by atoms with E-state index in [0.29, 0.717) is 5.54 Å². The first-order valence-electron chi connectivity index (χ1n) is 13.0. The van der Waals surface area contributed by atoms with Gasteiger partial charge >= 0.3 is 0 Å². The van der Waals surface area contributed by atoms with Crippen LogP contribution in [0.5, 0.6) is 0 Å². The zero-order chi connectivity index (χ0) is 18.6. The van der Waals surface area contributed by atoms with Crippen LogP contribution in [0.15, 0.2) is 11.3 Å². The molecule has 0 saturated carbocycles. The van der Waals surface area contributed by atoms with Crippen molar-refractivity contribution < 1.29 is 0 Å². The number of hydrogen-bond acceptors (Lipinski definition) is 2. The Morgan fingerprint density at radius 1 is 0.750 bits per heavy atom. The fourth-order valence-corrected chi connectivity index (χ4v) is 10.4. The molecule has 9 atom stereocenters. The molecule has 2 heteroatoms. The van der Waals surface area contributed by atoms with Gasteiger partial charge in [-0.2, -0.15) is 0 Å². The summed E-state index contributed by atoms with van der Waals surface area (Å²) in [5, 5.41) is 0. The molecule has 0 N–H and O–H groups in total. The highest BCUT2D eigenvalue weighted by Gasteiger charge is 2.63. The second-order valence-electron chi connectivity index (χ2n) is 12.2. The normalized spacial score (nSPS) is 54.9. The van der Waals surface area contributed by atoms with Gasteiger partial charge in [0.05, 0.1) is 0 Å². The van der Waals surface area contributed by atoms with Gasteiger partial charge in [-0.25, -0.2) is 0 Å². The highest BCUT2D eigenvalue weighted by Crippen LogP contribution is 2.64. The molecular formula is C26H40N2. The van der Waals surface area contributed by atoms with Crippen LogP contribution in [0.25, 0.3) is 0 Å². The van der Waals surface area contributed by atoms with E-state index < -0.39 is 0 Å². The Morgan fingerprint density at radius 3 is 2.36 bits per heavy atom. The lowest BCUT2D eigenvalue weighted by atomic mass is 9.51. The van der Waals surface area contributed by atoms with Crippen molar-refractivity contribution in [2.24, 2.45) is 23.7 Å². The van der Waals surface area contributed by atoms with E-state index in [-0.39, 0.29) is 0 Å². The van der Waals surface area contributed by atoms with Crippen LogP contribution in [0.3, 0.4) is 0 Å². The summed E-state index contributed by atoms with van der Waals surface area (Å²) < 4.78 is 0. The van der Waals surface area contributed by atoms with Crippen molar-refractivity contribution in [1.82, 2.24) is 9.80 Å². The second kappa shape index (κ2) is 5.80. The Labute approximate surface area is 172 Å². The molecule has 7 rings (SSSR count). The number of allylic oxidation sites excluding steroid dienone is 1. The predicted molar refractivity (Wildman–Crippen MR) is 114 cm³/mol. The molecule has 6 heterocycles. The van der Waals surface area contributed by atoms with Gasteiger partial charge in [-0.3, -0.25) is 4.90 Å². The van der Waals surface area contributed by atoms with E-state index in [9.17, 15) is 0 Å². The first kappa shape index (κ1) is 17.2. The Kier molecular flexibility index (Phi) is 3.57. The third-order valence-electron chi connectivity index (χ3n) is 10.7. The largest absolute Gasteiger partial charge is 0.369 e. The molecule has 0 aromatic carbocycles. The van der Waals surface area contributed by atoms with Crippen LogP contribution in [0.4, 0.5) is 0 Å². The number of hydrogen-bond donors (Lipinski definition) is 0. The number of piperidine rings is 5. The van der Waals surface area contributed by atoms with E-state index in [4.69, 9.17) is 0 Å². The molecule has 0 radical (unpaired) electrons. The average molecular weight is 381 g/mol. The summed E-state index contributed by atoms with van der Waals surface area (Å²) >= 11 is 0. The molecule has 5 fully saturated rings. The lowest BCUT2D eigenvalue weighted by Crippen LogP contribution is -2.73. The molecule has 2 bridgehead atoms. The molecule has 5 saturated heterocycles. The van der Waals surface area contributed by atoms with Crippen LogP contribution in [0, 0.1) is 23.7 Å².